The SMILES string of the molecule is C=C(C(=O)O)n1cc(N)cn1. The Labute approximate surface area is 62.7 Å². The maximum absolute atomic E-state index is 10.3. The first kappa shape index (κ1) is 7.33. The van der Waals surface area contributed by atoms with Gasteiger partial charge < -0.3 is 10.8 Å². The van der Waals surface area contributed by atoms with Gasteiger partial charge in [0.1, 0.15) is 5.70 Å². The Balaban J connectivity index is 2.94. The van der Waals surface area contributed by atoms with Crippen molar-refractivity contribution in [2.45, 2.75) is 0 Å². The number of nitrogens with two attached hydrogens (primary N) is 1. The van der Waals surface area contributed by atoms with Crippen LogP contribution in [0.4, 0.5) is 5.69 Å². The van der Waals surface area contributed by atoms with Gasteiger partial charge >= 0.3 is 5.97 Å². The minimum Gasteiger partial charge on any atom is -0.477 e. The molecule has 3 N–H and O–H groups in total. The van der Waals surface area contributed by atoms with E-state index < -0.39 is 5.97 Å². The fourth-order valence-corrected chi connectivity index (χ4v) is 0.582. The minimum atomic E-state index is -1.12. The Kier molecular flexibility index (Phi) is 1.63. The summed E-state index contributed by atoms with van der Waals surface area (Å²) in [5, 5.41) is 12.1. The number of aliphatic carboxylic acids is 1. The lowest BCUT2D eigenvalue weighted by molar-refractivity contribution is -0.130. The number of nitrogens with zero attached hydrogens (tertiary/aromatic N) is 2. The van der Waals surface area contributed by atoms with E-state index in [2.05, 4.69) is 11.7 Å². The Morgan fingerprint density at radius 2 is 2.45 bits per heavy atom. The molecule has 5 heteroatoms. The summed E-state index contributed by atoms with van der Waals surface area (Å²) < 4.78 is 1.11. The highest BCUT2D eigenvalue weighted by molar-refractivity contribution is 6.07. The summed E-state index contributed by atoms with van der Waals surface area (Å²) in [7, 11) is 0. The molecule has 0 bridgehead atoms. The number of hydrogen-bond donors (Lipinski definition) is 2. The third kappa shape index (κ3) is 1.37. The maximum atomic E-state index is 10.3. The lowest BCUT2D eigenvalue weighted by Gasteiger charge is -1.96. The number of carboxylic acids is 1. The Morgan fingerprint density at radius 3 is 2.82 bits per heavy atom. The van der Waals surface area contributed by atoms with Gasteiger partial charge in [-0.25, -0.2) is 9.48 Å². The van der Waals surface area contributed by atoms with Crippen molar-refractivity contribution in [3.63, 3.8) is 0 Å². The average Bonchev–Trinajstić information content (AvgIpc) is 2.34. The Hall–Kier alpha value is -1.78. The zero-order valence-electron chi connectivity index (χ0n) is 5.69. The third-order valence-electron chi connectivity index (χ3n) is 1.13. The molecule has 0 aliphatic rings. The van der Waals surface area contributed by atoms with Gasteiger partial charge in [-0.2, -0.15) is 5.10 Å². The molecule has 58 valence electrons. The average molecular weight is 153 g/mol. The smallest absolute Gasteiger partial charge is 0.353 e. The molecule has 0 aliphatic heterocycles. The summed E-state index contributed by atoms with van der Waals surface area (Å²) in [6.45, 7) is 3.28. The molecule has 0 saturated carbocycles. The molecule has 0 unspecified atom stereocenters. The van der Waals surface area contributed by atoms with Crippen molar-refractivity contribution in [2.24, 2.45) is 0 Å². The van der Waals surface area contributed by atoms with Gasteiger partial charge in [-0.15, -0.1) is 0 Å². The number of nitrogen functional groups attached to an aromatic ring is 1. The lowest BCUT2D eigenvalue weighted by Crippen LogP contribution is -2.06. The van der Waals surface area contributed by atoms with Crippen LogP contribution in [0.15, 0.2) is 19.0 Å². The van der Waals surface area contributed by atoms with Gasteiger partial charge in [-0.3, -0.25) is 0 Å². The van der Waals surface area contributed by atoms with Crippen LogP contribution in [0.25, 0.3) is 5.70 Å². The van der Waals surface area contributed by atoms with Crippen LogP contribution in [0.2, 0.25) is 0 Å². The number of anilines is 1. The highest BCUT2D eigenvalue weighted by atomic mass is 16.4. The highest BCUT2D eigenvalue weighted by Gasteiger charge is 2.06. The lowest BCUT2D eigenvalue weighted by atomic mass is 10.5. The summed E-state index contributed by atoms with van der Waals surface area (Å²) in [6.07, 6.45) is 2.74. The number of hydrogen-bond acceptors (Lipinski definition) is 3. The summed E-state index contributed by atoms with van der Waals surface area (Å²) in [6, 6.07) is 0. The van der Waals surface area contributed by atoms with Crippen LogP contribution in [-0.2, 0) is 4.79 Å². The molecule has 11 heavy (non-hydrogen) atoms. The van der Waals surface area contributed by atoms with Crippen molar-refractivity contribution in [1.29, 1.82) is 0 Å². The molecule has 0 radical (unpaired) electrons. The molecule has 0 amide bonds. The van der Waals surface area contributed by atoms with Crippen molar-refractivity contribution in [1.82, 2.24) is 9.78 Å². The third-order valence-corrected chi connectivity index (χ3v) is 1.13. The molecule has 1 heterocycles. The van der Waals surface area contributed by atoms with E-state index in [9.17, 15) is 4.79 Å². The van der Waals surface area contributed by atoms with Crippen LogP contribution in [0, 0.1) is 0 Å². The van der Waals surface area contributed by atoms with E-state index in [0.717, 1.165) is 4.68 Å². The zero-order chi connectivity index (χ0) is 8.43. The molecule has 0 atom stereocenters. The number of carbonyl (C=O) groups is 1. The van der Waals surface area contributed by atoms with Crippen LogP contribution in [0.1, 0.15) is 0 Å². The largest absolute Gasteiger partial charge is 0.477 e. The molecule has 1 aromatic heterocycles. The number of aromatic nitrogens is 2. The van der Waals surface area contributed by atoms with E-state index in [1.54, 1.807) is 0 Å². The van der Waals surface area contributed by atoms with Crippen LogP contribution < -0.4 is 5.73 Å². The molecule has 1 aromatic rings. The molecule has 0 aromatic carbocycles. The quantitative estimate of drug-likeness (QED) is 0.587. The van der Waals surface area contributed by atoms with Crippen molar-refractivity contribution in [3.8, 4) is 0 Å². The Morgan fingerprint density at radius 1 is 1.82 bits per heavy atom. The molecular weight excluding hydrogens is 146 g/mol. The minimum absolute atomic E-state index is 0.123. The van der Waals surface area contributed by atoms with Crippen LogP contribution in [0.3, 0.4) is 0 Å². The normalized spacial score (nSPS) is 9.45. The summed E-state index contributed by atoms with van der Waals surface area (Å²) in [5.74, 6) is -1.12. The summed E-state index contributed by atoms with van der Waals surface area (Å²) in [4.78, 5) is 10.3. The molecule has 0 fully saturated rings. The van der Waals surface area contributed by atoms with Gasteiger partial charge in [0.05, 0.1) is 18.1 Å². The standard InChI is InChI=1S/C6H7N3O2/c1-4(6(10)11)9-3-5(7)2-8-9/h2-3H,1,7H2,(H,10,11). The topological polar surface area (TPSA) is 81.1 Å². The van der Waals surface area contributed by atoms with Gasteiger partial charge in [0.15, 0.2) is 0 Å². The Bertz CT molecular complexity index is 303. The molecule has 1 rings (SSSR count). The van der Waals surface area contributed by atoms with Crippen LogP contribution >= 0.6 is 0 Å². The molecular formula is C6H7N3O2. The van der Waals surface area contributed by atoms with Crippen molar-refractivity contribution in [3.05, 3.63) is 19.0 Å². The van der Waals surface area contributed by atoms with Gasteiger partial charge in [-0.1, -0.05) is 6.58 Å². The predicted octanol–water partition coefficient (Wildman–Crippen LogP) is 0.0206. The molecule has 0 saturated heterocycles. The van der Waals surface area contributed by atoms with E-state index >= 15 is 0 Å². The number of rotatable bonds is 2. The first-order valence-corrected chi connectivity index (χ1v) is 2.84. The van der Waals surface area contributed by atoms with E-state index in [4.69, 9.17) is 10.8 Å². The monoisotopic (exact) mass is 153 g/mol. The van der Waals surface area contributed by atoms with Crippen molar-refractivity contribution in [2.75, 3.05) is 5.73 Å². The van der Waals surface area contributed by atoms with Crippen molar-refractivity contribution < 1.29 is 9.90 Å². The van der Waals surface area contributed by atoms with E-state index in [1.165, 1.54) is 12.4 Å². The van der Waals surface area contributed by atoms with E-state index in [1.807, 2.05) is 0 Å². The second kappa shape index (κ2) is 2.45. The second-order valence-electron chi connectivity index (χ2n) is 1.97. The maximum Gasteiger partial charge on any atom is 0.353 e. The second-order valence-corrected chi connectivity index (χ2v) is 1.97. The van der Waals surface area contributed by atoms with Crippen molar-refractivity contribution >= 4 is 17.4 Å². The van der Waals surface area contributed by atoms with Crippen LogP contribution in [-0.4, -0.2) is 20.9 Å². The van der Waals surface area contributed by atoms with E-state index in [0.29, 0.717) is 5.69 Å². The zero-order valence-corrected chi connectivity index (χ0v) is 5.69. The first-order valence-electron chi connectivity index (χ1n) is 2.84. The predicted molar refractivity (Wildman–Crippen MR) is 39.6 cm³/mol. The number of carboxylic acid groups (broad SMARTS) is 1. The van der Waals surface area contributed by atoms with Crippen LogP contribution in [0.5, 0.6) is 0 Å². The van der Waals surface area contributed by atoms with E-state index in [-0.39, 0.29) is 5.70 Å². The highest BCUT2D eigenvalue weighted by Crippen LogP contribution is 2.04. The van der Waals surface area contributed by atoms with Gasteiger partial charge in [0.2, 0.25) is 0 Å². The molecule has 0 aliphatic carbocycles. The van der Waals surface area contributed by atoms with Gasteiger partial charge in [0.25, 0.3) is 0 Å². The van der Waals surface area contributed by atoms with Gasteiger partial charge in [-0.05, 0) is 0 Å². The fourth-order valence-electron chi connectivity index (χ4n) is 0.582. The molecule has 0 spiro atoms. The summed E-state index contributed by atoms with van der Waals surface area (Å²) >= 11 is 0. The van der Waals surface area contributed by atoms with Gasteiger partial charge in [0, 0.05) is 0 Å². The fraction of sp³-hybridized carbons (Fsp3) is 0. The molecule has 5 nitrogen and oxygen atoms in total. The first-order chi connectivity index (χ1) is 5.11. The summed E-state index contributed by atoms with van der Waals surface area (Å²) in [5.41, 5.74) is 5.59.